The molecule has 0 saturated carbocycles. The second-order valence-corrected chi connectivity index (χ2v) is 5.99. The molecule has 2 aromatic rings. The maximum atomic E-state index is 10.6. The van der Waals surface area contributed by atoms with Crippen LogP contribution in [0.4, 0.5) is 0 Å². The molecule has 23 heavy (non-hydrogen) atoms. The SMILES string of the molecule is COc1ccc(OC)c2c1CN(Cc1ncc(Cl)n1C)C[C@H]2O. The van der Waals surface area contributed by atoms with Gasteiger partial charge >= 0.3 is 0 Å². The van der Waals surface area contributed by atoms with Crippen molar-refractivity contribution in [3.05, 3.63) is 40.4 Å². The number of β-amino-alcohol motifs (C(OH)–C–C–N with tert-alkyl or cyclic N) is 1. The number of hydrogen-bond acceptors (Lipinski definition) is 5. The first kappa shape index (κ1) is 16.1. The third-order valence-corrected chi connectivity index (χ3v) is 4.60. The van der Waals surface area contributed by atoms with E-state index in [2.05, 4.69) is 9.88 Å². The van der Waals surface area contributed by atoms with E-state index in [0.717, 1.165) is 22.7 Å². The van der Waals surface area contributed by atoms with Gasteiger partial charge in [-0.15, -0.1) is 0 Å². The number of methoxy groups -OCH3 is 2. The molecule has 7 heteroatoms. The Hall–Kier alpha value is -1.76. The summed E-state index contributed by atoms with van der Waals surface area (Å²) in [6.07, 6.45) is 0.994. The molecule has 0 saturated heterocycles. The van der Waals surface area contributed by atoms with Crippen molar-refractivity contribution in [3.63, 3.8) is 0 Å². The highest BCUT2D eigenvalue weighted by molar-refractivity contribution is 6.29. The standard InChI is InChI=1S/C16H20ClN3O3/c1-19-14(17)6-18-15(19)9-20-7-10-12(22-2)4-5-13(23-3)16(10)11(21)8-20/h4-6,11,21H,7-9H2,1-3H3/t11-/m1/s1. The summed E-state index contributed by atoms with van der Waals surface area (Å²) in [5, 5.41) is 11.2. The average molecular weight is 338 g/mol. The smallest absolute Gasteiger partial charge is 0.128 e. The molecular weight excluding hydrogens is 318 g/mol. The molecule has 0 fully saturated rings. The lowest BCUT2D eigenvalue weighted by molar-refractivity contribution is 0.0823. The van der Waals surface area contributed by atoms with Crippen molar-refractivity contribution < 1.29 is 14.6 Å². The summed E-state index contributed by atoms with van der Waals surface area (Å²) in [6.45, 7) is 1.75. The van der Waals surface area contributed by atoms with E-state index in [1.54, 1.807) is 20.4 Å². The third-order valence-electron chi connectivity index (χ3n) is 4.25. The highest BCUT2D eigenvalue weighted by atomic mass is 35.5. The molecule has 0 radical (unpaired) electrons. The number of aromatic nitrogens is 2. The van der Waals surface area contributed by atoms with Crippen LogP contribution in [0.1, 0.15) is 23.1 Å². The van der Waals surface area contributed by atoms with Crippen LogP contribution in [0.15, 0.2) is 18.3 Å². The summed E-state index contributed by atoms with van der Waals surface area (Å²) in [6, 6.07) is 3.70. The van der Waals surface area contributed by atoms with Gasteiger partial charge in [0.05, 0.1) is 33.1 Å². The molecule has 6 nitrogen and oxygen atoms in total. The molecule has 1 aromatic carbocycles. The molecule has 0 unspecified atom stereocenters. The number of benzene rings is 1. The van der Waals surface area contributed by atoms with E-state index in [4.69, 9.17) is 21.1 Å². The topological polar surface area (TPSA) is 59.8 Å². The van der Waals surface area contributed by atoms with Crippen molar-refractivity contribution in [2.24, 2.45) is 7.05 Å². The van der Waals surface area contributed by atoms with Crippen LogP contribution >= 0.6 is 11.6 Å². The van der Waals surface area contributed by atoms with Crippen LogP contribution in [0.25, 0.3) is 0 Å². The zero-order valence-corrected chi connectivity index (χ0v) is 14.2. The Bertz CT molecular complexity index is 717. The van der Waals surface area contributed by atoms with E-state index in [1.165, 1.54) is 0 Å². The van der Waals surface area contributed by atoms with E-state index in [1.807, 2.05) is 23.7 Å². The van der Waals surface area contributed by atoms with Gasteiger partial charge in [0, 0.05) is 31.3 Å². The van der Waals surface area contributed by atoms with Crippen molar-refractivity contribution in [3.8, 4) is 11.5 Å². The molecule has 0 bridgehead atoms. The van der Waals surface area contributed by atoms with Gasteiger partial charge in [-0.25, -0.2) is 4.98 Å². The first-order valence-electron chi connectivity index (χ1n) is 7.35. The van der Waals surface area contributed by atoms with Gasteiger partial charge in [-0.2, -0.15) is 0 Å². The van der Waals surface area contributed by atoms with Gasteiger partial charge in [-0.1, -0.05) is 11.6 Å². The molecule has 1 atom stereocenters. The number of aliphatic hydroxyl groups excluding tert-OH is 1. The Morgan fingerprint density at radius 3 is 2.61 bits per heavy atom. The predicted octanol–water partition coefficient (Wildman–Crippen LogP) is 2.14. The van der Waals surface area contributed by atoms with E-state index in [0.29, 0.717) is 30.5 Å². The molecule has 3 rings (SSSR count). The molecule has 1 aromatic heterocycles. The minimum Gasteiger partial charge on any atom is -0.496 e. The van der Waals surface area contributed by atoms with Gasteiger partial charge in [-0.05, 0) is 12.1 Å². The van der Waals surface area contributed by atoms with Crippen molar-refractivity contribution in [2.45, 2.75) is 19.2 Å². The highest BCUT2D eigenvalue weighted by Gasteiger charge is 2.30. The van der Waals surface area contributed by atoms with Crippen molar-refractivity contribution in [1.29, 1.82) is 0 Å². The number of fused-ring (bicyclic) bond motifs is 1. The molecule has 1 aliphatic rings. The van der Waals surface area contributed by atoms with Crippen LogP contribution < -0.4 is 9.47 Å². The lowest BCUT2D eigenvalue weighted by atomic mass is 9.95. The van der Waals surface area contributed by atoms with Gasteiger partial charge in [-0.3, -0.25) is 4.90 Å². The first-order valence-corrected chi connectivity index (χ1v) is 7.73. The van der Waals surface area contributed by atoms with Gasteiger partial charge in [0.1, 0.15) is 22.5 Å². The Balaban J connectivity index is 1.92. The molecule has 0 aliphatic carbocycles. The fourth-order valence-electron chi connectivity index (χ4n) is 3.04. The molecule has 124 valence electrons. The lowest BCUT2D eigenvalue weighted by Crippen LogP contribution is -2.34. The van der Waals surface area contributed by atoms with Crippen LogP contribution in [0, 0.1) is 0 Å². The Kier molecular flexibility index (Phi) is 4.48. The predicted molar refractivity (Wildman–Crippen MR) is 86.8 cm³/mol. The summed E-state index contributed by atoms with van der Waals surface area (Å²) in [7, 11) is 5.12. The second kappa shape index (κ2) is 6.39. The van der Waals surface area contributed by atoms with Crippen LogP contribution in [-0.4, -0.2) is 40.3 Å². The third kappa shape index (κ3) is 2.89. The minimum atomic E-state index is -0.639. The number of aliphatic hydroxyl groups is 1. The van der Waals surface area contributed by atoms with E-state index < -0.39 is 6.10 Å². The average Bonchev–Trinajstić information content (AvgIpc) is 2.86. The summed E-state index contributed by atoms with van der Waals surface area (Å²) in [4.78, 5) is 6.44. The Morgan fingerprint density at radius 2 is 2.00 bits per heavy atom. The number of hydrogen-bond donors (Lipinski definition) is 1. The van der Waals surface area contributed by atoms with Crippen LogP contribution in [0.2, 0.25) is 5.15 Å². The first-order chi connectivity index (χ1) is 11.0. The van der Waals surface area contributed by atoms with E-state index in [9.17, 15) is 5.11 Å². The number of halogens is 1. The Labute approximate surface area is 140 Å². The molecule has 0 amide bonds. The number of rotatable bonds is 4. The summed E-state index contributed by atoms with van der Waals surface area (Å²) < 4.78 is 12.7. The Morgan fingerprint density at radius 1 is 1.30 bits per heavy atom. The molecule has 0 spiro atoms. The molecule has 2 heterocycles. The van der Waals surface area contributed by atoms with E-state index >= 15 is 0 Å². The van der Waals surface area contributed by atoms with Crippen molar-refractivity contribution in [2.75, 3.05) is 20.8 Å². The van der Waals surface area contributed by atoms with Gasteiger partial charge in [0.15, 0.2) is 0 Å². The van der Waals surface area contributed by atoms with Crippen LogP contribution in [0.5, 0.6) is 11.5 Å². The minimum absolute atomic E-state index is 0.501. The van der Waals surface area contributed by atoms with Gasteiger partial charge in [0.2, 0.25) is 0 Å². The van der Waals surface area contributed by atoms with Crippen molar-refractivity contribution >= 4 is 11.6 Å². The fraction of sp³-hybridized carbons (Fsp3) is 0.438. The van der Waals surface area contributed by atoms with Crippen LogP contribution in [-0.2, 0) is 20.1 Å². The zero-order chi connectivity index (χ0) is 16.6. The maximum Gasteiger partial charge on any atom is 0.128 e. The summed E-state index contributed by atoms with van der Waals surface area (Å²) in [5.74, 6) is 2.29. The molecule has 1 aliphatic heterocycles. The van der Waals surface area contributed by atoms with Gasteiger partial charge < -0.3 is 19.1 Å². The largest absolute Gasteiger partial charge is 0.496 e. The normalized spacial score (nSPS) is 17.9. The number of nitrogens with zero attached hydrogens (tertiary/aromatic N) is 3. The fourth-order valence-corrected chi connectivity index (χ4v) is 3.18. The zero-order valence-electron chi connectivity index (χ0n) is 13.4. The monoisotopic (exact) mass is 337 g/mol. The van der Waals surface area contributed by atoms with Crippen molar-refractivity contribution in [1.82, 2.24) is 14.5 Å². The number of imidazole rings is 1. The number of ether oxygens (including phenoxy) is 2. The summed E-state index contributed by atoms with van der Waals surface area (Å²) in [5.41, 5.74) is 1.76. The quantitative estimate of drug-likeness (QED) is 0.926. The van der Waals surface area contributed by atoms with E-state index in [-0.39, 0.29) is 0 Å². The highest BCUT2D eigenvalue weighted by Crippen LogP contribution is 2.39. The molecular formula is C16H20ClN3O3. The molecule has 1 N–H and O–H groups in total. The summed E-state index contributed by atoms with van der Waals surface area (Å²) >= 11 is 6.04. The second-order valence-electron chi connectivity index (χ2n) is 5.60. The lowest BCUT2D eigenvalue weighted by Gasteiger charge is -2.33. The van der Waals surface area contributed by atoms with Crippen LogP contribution in [0.3, 0.4) is 0 Å². The maximum absolute atomic E-state index is 10.6. The van der Waals surface area contributed by atoms with Gasteiger partial charge in [0.25, 0.3) is 0 Å².